The number of aryl methyl sites for hydroxylation is 2. The van der Waals surface area contributed by atoms with E-state index < -0.39 is 28.0 Å². The van der Waals surface area contributed by atoms with Gasteiger partial charge in [-0.2, -0.15) is 4.31 Å². The molecule has 0 aromatic heterocycles. The molecule has 0 bridgehead atoms. The molecule has 0 radical (unpaired) electrons. The summed E-state index contributed by atoms with van der Waals surface area (Å²) in [4.78, 5) is 25.5. The summed E-state index contributed by atoms with van der Waals surface area (Å²) in [6.07, 6.45) is -0.204. The molecule has 7 nitrogen and oxygen atoms in total. The fourth-order valence-electron chi connectivity index (χ4n) is 3.81. The predicted molar refractivity (Wildman–Crippen MR) is 125 cm³/mol. The van der Waals surface area contributed by atoms with Crippen LogP contribution in [0.4, 0.5) is 0 Å². The Morgan fingerprint density at radius 3 is 2.24 bits per heavy atom. The largest absolute Gasteiger partial charge is 0.494 e. The summed E-state index contributed by atoms with van der Waals surface area (Å²) in [7, 11) is -3.65. The number of nitrogens with zero attached hydrogens (tertiary/aromatic N) is 1. The van der Waals surface area contributed by atoms with Gasteiger partial charge in [0, 0.05) is 18.7 Å². The van der Waals surface area contributed by atoms with Crippen molar-refractivity contribution in [3.8, 4) is 5.75 Å². The molecule has 0 N–H and O–H groups in total. The Bertz CT molecular complexity index is 1100. The minimum absolute atomic E-state index is 0.194. The second kappa shape index (κ2) is 10.5. The fraction of sp³-hybridized carbons (Fsp3) is 0.440. The van der Waals surface area contributed by atoms with Crippen molar-refractivity contribution in [3.05, 3.63) is 59.2 Å². The lowest BCUT2D eigenvalue weighted by Crippen LogP contribution is -2.41. The van der Waals surface area contributed by atoms with Crippen LogP contribution >= 0.6 is 0 Å². The van der Waals surface area contributed by atoms with Crippen LogP contribution in [-0.2, 0) is 19.6 Å². The third kappa shape index (κ3) is 5.81. The second-order valence-corrected chi connectivity index (χ2v) is 10.3. The van der Waals surface area contributed by atoms with Crippen molar-refractivity contribution < 1.29 is 27.5 Å². The lowest BCUT2D eigenvalue weighted by atomic mass is 9.98. The number of hydrogen-bond acceptors (Lipinski definition) is 6. The third-order valence-corrected chi connectivity index (χ3v) is 7.93. The van der Waals surface area contributed by atoms with E-state index in [9.17, 15) is 18.0 Å². The number of carbonyl (C=O) groups excluding carboxylic acids is 2. The Balaban J connectivity index is 1.56. The van der Waals surface area contributed by atoms with Crippen molar-refractivity contribution in [1.82, 2.24) is 4.31 Å². The maximum absolute atomic E-state index is 12.9. The van der Waals surface area contributed by atoms with E-state index in [1.54, 1.807) is 31.2 Å². The first-order valence-electron chi connectivity index (χ1n) is 11.2. The average Bonchev–Trinajstić information content (AvgIpc) is 2.81. The van der Waals surface area contributed by atoms with Crippen LogP contribution in [0.5, 0.6) is 5.75 Å². The molecule has 0 spiro atoms. The third-order valence-electron chi connectivity index (χ3n) is 6.01. The van der Waals surface area contributed by atoms with Gasteiger partial charge < -0.3 is 9.47 Å². The number of benzene rings is 2. The lowest BCUT2D eigenvalue weighted by molar-refractivity contribution is -0.152. The number of carbonyl (C=O) groups is 2. The molecule has 1 aliphatic heterocycles. The van der Waals surface area contributed by atoms with Gasteiger partial charge in [0.15, 0.2) is 6.10 Å². The van der Waals surface area contributed by atoms with Gasteiger partial charge in [-0.15, -0.1) is 0 Å². The van der Waals surface area contributed by atoms with Crippen LogP contribution in [0.2, 0.25) is 0 Å². The number of Topliss-reactive ketones (excluding diaryl/α,β-unsaturated/α-hetero) is 1. The highest BCUT2D eigenvalue weighted by molar-refractivity contribution is 7.89. The number of hydrogen-bond donors (Lipinski definition) is 0. The molecule has 1 atom stereocenters. The van der Waals surface area contributed by atoms with Crippen LogP contribution in [-0.4, -0.2) is 50.3 Å². The topological polar surface area (TPSA) is 90.0 Å². The second-order valence-electron chi connectivity index (χ2n) is 8.33. The predicted octanol–water partition coefficient (Wildman–Crippen LogP) is 3.92. The van der Waals surface area contributed by atoms with E-state index in [1.165, 1.54) is 16.4 Å². The molecule has 3 rings (SSSR count). The molecular formula is C25H31NO6S. The SMILES string of the molecule is CCOc1ccc(S(=O)(=O)N2CCC(C(=O)OC(C)C(=O)c3ccc(C)c(C)c3)CC2)cc1. The molecule has 0 saturated carbocycles. The number of piperidine rings is 1. The molecule has 2 aromatic carbocycles. The first-order chi connectivity index (χ1) is 15.6. The van der Waals surface area contributed by atoms with Gasteiger partial charge in [0.2, 0.25) is 15.8 Å². The number of rotatable bonds is 8. The van der Waals surface area contributed by atoms with Crippen LogP contribution < -0.4 is 4.74 Å². The van der Waals surface area contributed by atoms with Crippen molar-refractivity contribution in [2.45, 2.75) is 51.5 Å². The molecule has 1 fully saturated rings. The molecule has 1 saturated heterocycles. The molecule has 33 heavy (non-hydrogen) atoms. The van der Waals surface area contributed by atoms with E-state index in [1.807, 2.05) is 26.8 Å². The Morgan fingerprint density at radius 1 is 1.03 bits per heavy atom. The summed E-state index contributed by atoms with van der Waals surface area (Å²) in [5, 5.41) is 0. The molecule has 1 heterocycles. The molecular weight excluding hydrogens is 442 g/mol. The monoisotopic (exact) mass is 473 g/mol. The van der Waals surface area contributed by atoms with Gasteiger partial charge in [-0.3, -0.25) is 9.59 Å². The zero-order valence-electron chi connectivity index (χ0n) is 19.5. The maximum atomic E-state index is 12.9. The highest BCUT2D eigenvalue weighted by Gasteiger charge is 2.34. The lowest BCUT2D eigenvalue weighted by Gasteiger charge is -2.30. The number of esters is 1. The minimum Gasteiger partial charge on any atom is -0.494 e. The first kappa shape index (κ1) is 24.9. The Morgan fingerprint density at radius 2 is 1.67 bits per heavy atom. The number of ketones is 1. The van der Waals surface area contributed by atoms with Crippen LogP contribution in [0.25, 0.3) is 0 Å². The van der Waals surface area contributed by atoms with Crippen molar-refractivity contribution >= 4 is 21.8 Å². The highest BCUT2D eigenvalue weighted by atomic mass is 32.2. The zero-order valence-corrected chi connectivity index (χ0v) is 20.4. The van der Waals surface area contributed by atoms with Gasteiger partial charge in [0.1, 0.15) is 5.75 Å². The van der Waals surface area contributed by atoms with Gasteiger partial charge in [-0.1, -0.05) is 12.1 Å². The van der Waals surface area contributed by atoms with E-state index in [0.29, 0.717) is 30.8 Å². The van der Waals surface area contributed by atoms with Gasteiger partial charge in [0.25, 0.3) is 0 Å². The van der Waals surface area contributed by atoms with Crippen molar-refractivity contribution in [3.63, 3.8) is 0 Å². The molecule has 1 aliphatic rings. The van der Waals surface area contributed by atoms with Crippen LogP contribution in [0, 0.1) is 19.8 Å². The van der Waals surface area contributed by atoms with Gasteiger partial charge >= 0.3 is 5.97 Å². The fourth-order valence-corrected chi connectivity index (χ4v) is 5.28. The van der Waals surface area contributed by atoms with E-state index in [-0.39, 0.29) is 23.8 Å². The molecule has 178 valence electrons. The van der Waals surface area contributed by atoms with E-state index >= 15 is 0 Å². The van der Waals surface area contributed by atoms with E-state index in [4.69, 9.17) is 9.47 Å². The molecule has 0 aliphatic carbocycles. The summed E-state index contributed by atoms with van der Waals surface area (Å²) < 4.78 is 38.1. The molecule has 1 unspecified atom stereocenters. The highest BCUT2D eigenvalue weighted by Crippen LogP contribution is 2.26. The normalized spacial score (nSPS) is 16.2. The van der Waals surface area contributed by atoms with Crippen molar-refractivity contribution in [2.75, 3.05) is 19.7 Å². The average molecular weight is 474 g/mol. The van der Waals surface area contributed by atoms with Crippen LogP contribution in [0.15, 0.2) is 47.4 Å². The van der Waals surface area contributed by atoms with Crippen molar-refractivity contribution in [2.24, 2.45) is 5.92 Å². The summed E-state index contributed by atoms with van der Waals surface area (Å²) in [5.41, 5.74) is 2.60. The first-order valence-corrected chi connectivity index (χ1v) is 12.6. The van der Waals surface area contributed by atoms with Gasteiger partial charge in [-0.05, 0) is 82.0 Å². The summed E-state index contributed by atoms with van der Waals surface area (Å²) >= 11 is 0. The van der Waals surface area contributed by atoms with Gasteiger partial charge in [-0.25, -0.2) is 8.42 Å². The van der Waals surface area contributed by atoms with E-state index in [0.717, 1.165) is 11.1 Å². The quantitative estimate of drug-likeness (QED) is 0.426. The smallest absolute Gasteiger partial charge is 0.309 e. The Kier molecular flexibility index (Phi) is 7.92. The Labute approximate surface area is 195 Å². The zero-order chi connectivity index (χ0) is 24.2. The molecule has 2 aromatic rings. The molecule has 0 amide bonds. The maximum Gasteiger partial charge on any atom is 0.309 e. The van der Waals surface area contributed by atoms with Crippen molar-refractivity contribution in [1.29, 1.82) is 0 Å². The van der Waals surface area contributed by atoms with Crippen LogP contribution in [0.1, 0.15) is 48.2 Å². The van der Waals surface area contributed by atoms with E-state index in [2.05, 4.69) is 0 Å². The standard InChI is InChI=1S/C25H31NO6S/c1-5-31-22-8-10-23(11-9-22)33(29,30)26-14-12-20(13-15-26)25(28)32-19(4)24(27)21-7-6-17(2)18(3)16-21/h6-11,16,19-20H,5,12-15H2,1-4H3. The number of sulfonamides is 1. The summed E-state index contributed by atoms with van der Waals surface area (Å²) in [6.45, 7) is 8.27. The number of ether oxygens (including phenoxy) is 2. The Hall–Kier alpha value is -2.71. The molecule has 8 heteroatoms. The van der Waals surface area contributed by atoms with Crippen LogP contribution in [0.3, 0.4) is 0 Å². The van der Waals surface area contributed by atoms with Gasteiger partial charge in [0.05, 0.1) is 17.4 Å². The summed E-state index contributed by atoms with van der Waals surface area (Å²) in [6, 6.07) is 11.7. The summed E-state index contributed by atoms with van der Waals surface area (Å²) in [5.74, 6) is -0.533. The minimum atomic E-state index is -3.65.